The average molecular weight is 331 g/mol. The Morgan fingerprint density at radius 3 is 2.74 bits per heavy atom. The molecular formula is C16H17N3O3S. The summed E-state index contributed by atoms with van der Waals surface area (Å²) in [6.07, 6.45) is 0.937. The molecule has 0 fully saturated rings. The Kier molecular flexibility index (Phi) is 5.87. The van der Waals surface area contributed by atoms with Crippen LogP contribution in [0.1, 0.15) is 12.5 Å². The summed E-state index contributed by atoms with van der Waals surface area (Å²) >= 11 is 1.32. The first-order valence-corrected chi connectivity index (χ1v) is 7.80. The number of nitrogens with one attached hydrogen (secondary N) is 2. The highest BCUT2D eigenvalue weighted by Crippen LogP contribution is 2.25. The number of hydrogen-bond acceptors (Lipinski definition) is 5. The van der Waals surface area contributed by atoms with Crippen LogP contribution in [0, 0.1) is 0 Å². The van der Waals surface area contributed by atoms with E-state index in [9.17, 15) is 9.59 Å². The van der Waals surface area contributed by atoms with Crippen molar-refractivity contribution in [2.45, 2.75) is 13.5 Å². The predicted octanol–water partition coefficient (Wildman–Crippen LogP) is 3.18. The SMILES string of the molecule is C=CCOC(=O)Nc1nc(-c2ccc(CNC(C)=O)cc2)cs1. The van der Waals surface area contributed by atoms with E-state index in [1.807, 2.05) is 29.6 Å². The minimum Gasteiger partial charge on any atom is -0.445 e. The summed E-state index contributed by atoms with van der Waals surface area (Å²) in [6, 6.07) is 7.70. The molecular weight excluding hydrogens is 314 g/mol. The van der Waals surface area contributed by atoms with Crippen LogP contribution in [0.25, 0.3) is 11.3 Å². The largest absolute Gasteiger partial charge is 0.445 e. The Morgan fingerprint density at radius 1 is 1.35 bits per heavy atom. The lowest BCUT2D eigenvalue weighted by molar-refractivity contribution is -0.119. The zero-order chi connectivity index (χ0) is 16.7. The summed E-state index contributed by atoms with van der Waals surface area (Å²) in [4.78, 5) is 26.7. The van der Waals surface area contributed by atoms with E-state index in [1.54, 1.807) is 0 Å². The molecule has 1 aromatic heterocycles. The third-order valence-electron chi connectivity index (χ3n) is 2.84. The van der Waals surface area contributed by atoms with E-state index in [0.29, 0.717) is 11.7 Å². The summed E-state index contributed by atoms with van der Waals surface area (Å²) in [5, 5.41) is 7.63. The van der Waals surface area contributed by atoms with Crippen LogP contribution in [-0.4, -0.2) is 23.6 Å². The minimum atomic E-state index is -0.559. The number of carbonyl (C=O) groups is 2. The minimum absolute atomic E-state index is 0.0624. The van der Waals surface area contributed by atoms with Crippen LogP contribution in [0.15, 0.2) is 42.3 Å². The van der Waals surface area contributed by atoms with Gasteiger partial charge in [0.15, 0.2) is 5.13 Å². The van der Waals surface area contributed by atoms with Gasteiger partial charge in [0, 0.05) is 24.4 Å². The van der Waals surface area contributed by atoms with Crippen molar-refractivity contribution in [1.29, 1.82) is 0 Å². The third-order valence-corrected chi connectivity index (χ3v) is 3.59. The third kappa shape index (κ3) is 5.23. The Balaban J connectivity index is 1.98. The van der Waals surface area contributed by atoms with Crippen LogP contribution in [0.2, 0.25) is 0 Å². The zero-order valence-electron chi connectivity index (χ0n) is 12.7. The molecule has 6 nitrogen and oxygen atoms in total. The summed E-state index contributed by atoms with van der Waals surface area (Å²) in [5.41, 5.74) is 2.70. The van der Waals surface area contributed by atoms with E-state index in [0.717, 1.165) is 16.8 Å². The number of nitrogens with zero attached hydrogens (tertiary/aromatic N) is 1. The van der Waals surface area contributed by atoms with E-state index in [-0.39, 0.29) is 12.5 Å². The molecule has 120 valence electrons. The van der Waals surface area contributed by atoms with Gasteiger partial charge in [0.25, 0.3) is 0 Å². The van der Waals surface area contributed by atoms with Gasteiger partial charge in [-0.25, -0.2) is 9.78 Å². The number of ether oxygens (including phenoxy) is 1. The van der Waals surface area contributed by atoms with Crippen molar-refractivity contribution in [2.75, 3.05) is 11.9 Å². The molecule has 1 heterocycles. The Morgan fingerprint density at radius 2 is 2.09 bits per heavy atom. The van der Waals surface area contributed by atoms with Gasteiger partial charge in [0.05, 0.1) is 5.69 Å². The molecule has 2 aromatic rings. The molecule has 0 atom stereocenters. The van der Waals surface area contributed by atoms with E-state index in [2.05, 4.69) is 22.2 Å². The molecule has 0 radical (unpaired) electrons. The summed E-state index contributed by atoms with van der Waals surface area (Å²) in [7, 11) is 0. The molecule has 2 rings (SSSR count). The van der Waals surface area contributed by atoms with Crippen LogP contribution in [-0.2, 0) is 16.1 Å². The Bertz CT molecular complexity index is 695. The number of hydrogen-bond donors (Lipinski definition) is 2. The first kappa shape index (κ1) is 16.7. The molecule has 7 heteroatoms. The molecule has 23 heavy (non-hydrogen) atoms. The Labute approximate surface area is 138 Å². The van der Waals surface area contributed by atoms with Gasteiger partial charge in [-0.1, -0.05) is 36.9 Å². The van der Waals surface area contributed by atoms with Gasteiger partial charge in [0.1, 0.15) is 6.61 Å². The quantitative estimate of drug-likeness (QED) is 0.797. The van der Waals surface area contributed by atoms with Crippen molar-refractivity contribution in [1.82, 2.24) is 10.3 Å². The molecule has 0 aliphatic carbocycles. The fraction of sp³-hybridized carbons (Fsp3) is 0.188. The lowest BCUT2D eigenvalue weighted by atomic mass is 10.1. The van der Waals surface area contributed by atoms with Crippen molar-refractivity contribution >= 4 is 28.5 Å². The maximum atomic E-state index is 11.4. The van der Waals surface area contributed by atoms with Gasteiger partial charge in [-0.3, -0.25) is 10.1 Å². The summed E-state index contributed by atoms with van der Waals surface area (Å²) in [5.74, 6) is -0.0624. The molecule has 0 bridgehead atoms. The van der Waals surface area contributed by atoms with Gasteiger partial charge in [-0.2, -0.15) is 0 Å². The standard InChI is InChI=1S/C16H17N3O3S/c1-3-8-22-16(21)19-15-18-14(10-23-15)13-6-4-12(5-7-13)9-17-11(2)20/h3-7,10H,1,8-9H2,2H3,(H,17,20)(H,18,19,21). The van der Waals surface area contributed by atoms with Crippen LogP contribution in [0.4, 0.5) is 9.93 Å². The first-order chi connectivity index (χ1) is 11.1. The van der Waals surface area contributed by atoms with Crippen molar-refractivity contribution in [2.24, 2.45) is 0 Å². The van der Waals surface area contributed by atoms with Crippen molar-refractivity contribution < 1.29 is 14.3 Å². The lowest BCUT2D eigenvalue weighted by Crippen LogP contribution is -2.18. The van der Waals surface area contributed by atoms with Gasteiger partial charge in [0.2, 0.25) is 5.91 Å². The van der Waals surface area contributed by atoms with Gasteiger partial charge in [-0.05, 0) is 5.56 Å². The number of benzene rings is 1. The average Bonchev–Trinajstić information content (AvgIpc) is 3.00. The monoisotopic (exact) mass is 331 g/mol. The van der Waals surface area contributed by atoms with Gasteiger partial charge >= 0.3 is 6.09 Å². The molecule has 0 aliphatic rings. The van der Waals surface area contributed by atoms with E-state index in [1.165, 1.54) is 24.3 Å². The summed E-state index contributed by atoms with van der Waals surface area (Å²) in [6.45, 7) is 5.60. The molecule has 0 spiro atoms. The zero-order valence-corrected chi connectivity index (χ0v) is 13.5. The number of carbonyl (C=O) groups excluding carboxylic acids is 2. The highest BCUT2D eigenvalue weighted by atomic mass is 32.1. The molecule has 0 saturated carbocycles. The Hall–Kier alpha value is -2.67. The second-order valence-corrected chi connectivity index (χ2v) is 5.51. The molecule has 0 aliphatic heterocycles. The van der Waals surface area contributed by atoms with Gasteiger partial charge < -0.3 is 10.1 Å². The number of amides is 2. The lowest BCUT2D eigenvalue weighted by Gasteiger charge is -2.03. The van der Waals surface area contributed by atoms with E-state index < -0.39 is 6.09 Å². The van der Waals surface area contributed by atoms with Crippen LogP contribution in [0.5, 0.6) is 0 Å². The van der Waals surface area contributed by atoms with Crippen LogP contribution < -0.4 is 10.6 Å². The second-order valence-electron chi connectivity index (χ2n) is 4.66. The smallest absolute Gasteiger partial charge is 0.413 e. The van der Waals surface area contributed by atoms with Crippen molar-refractivity contribution in [3.05, 3.63) is 47.9 Å². The normalized spacial score (nSPS) is 9.96. The topological polar surface area (TPSA) is 80.3 Å². The highest BCUT2D eigenvalue weighted by Gasteiger charge is 2.08. The van der Waals surface area contributed by atoms with Gasteiger partial charge in [-0.15, -0.1) is 11.3 Å². The fourth-order valence-electron chi connectivity index (χ4n) is 1.74. The number of rotatable bonds is 6. The number of aromatic nitrogens is 1. The molecule has 0 unspecified atom stereocenters. The second kappa shape index (κ2) is 8.09. The molecule has 2 amide bonds. The van der Waals surface area contributed by atoms with Crippen LogP contribution >= 0.6 is 11.3 Å². The highest BCUT2D eigenvalue weighted by molar-refractivity contribution is 7.14. The maximum absolute atomic E-state index is 11.4. The number of anilines is 1. The molecule has 2 N–H and O–H groups in total. The molecule has 0 saturated heterocycles. The number of thiazole rings is 1. The van der Waals surface area contributed by atoms with Crippen molar-refractivity contribution in [3.63, 3.8) is 0 Å². The fourth-order valence-corrected chi connectivity index (χ4v) is 2.45. The van der Waals surface area contributed by atoms with E-state index in [4.69, 9.17) is 4.74 Å². The van der Waals surface area contributed by atoms with E-state index >= 15 is 0 Å². The maximum Gasteiger partial charge on any atom is 0.413 e. The predicted molar refractivity (Wildman–Crippen MR) is 90.2 cm³/mol. The molecule has 1 aromatic carbocycles. The first-order valence-electron chi connectivity index (χ1n) is 6.92. The van der Waals surface area contributed by atoms with Crippen LogP contribution in [0.3, 0.4) is 0 Å². The van der Waals surface area contributed by atoms with Crippen molar-refractivity contribution in [3.8, 4) is 11.3 Å². The summed E-state index contributed by atoms with van der Waals surface area (Å²) < 4.78 is 4.84.